The summed E-state index contributed by atoms with van der Waals surface area (Å²) in [6, 6.07) is 7.07. The van der Waals surface area contributed by atoms with Crippen molar-refractivity contribution in [1.29, 1.82) is 0 Å². The van der Waals surface area contributed by atoms with Crippen molar-refractivity contribution >= 4 is 29.5 Å². The van der Waals surface area contributed by atoms with E-state index >= 15 is 0 Å². The summed E-state index contributed by atoms with van der Waals surface area (Å²) >= 11 is 1.44. The van der Waals surface area contributed by atoms with Crippen LogP contribution in [0.3, 0.4) is 0 Å². The zero-order valence-electron chi connectivity index (χ0n) is 20.6. The second-order valence-corrected chi connectivity index (χ2v) is 11.6. The monoisotopic (exact) mass is 490 g/mol. The first-order valence-corrected chi connectivity index (χ1v) is 13.2. The van der Waals surface area contributed by atoms with Crippen LogP contribution in [0.1, 0.15) is 59.8 Å². The third-order valence-corrected chi connectivity index (χ3v) is 7.75. The Balaban J connectivity index is 1.68. The van der Waals surface area contributed by atoms with Crippen LogP contribution in [-0.4, -0.2) is 58.3 Å². The van der Waals surface area contributed by atoms with Crippen LogP contribution in [0.25, 0.3) is 0 Å². The van der Waals surface area contributed by atoms with Crippen molar-refractivity contribution in [2.45, 2.75) is 94.5 Å². The molecule has 0 radical (unpaired) electrons. The molecule has 0 aromatic heterocycles. The van der Waals surface area contributed by atoms with Crippen molar-refractivity contribution in [3.05, 3.63) is 30.3 Å². The Kier molecular flexibility index (Phi) is 9.18. The van der Waals surface area contributed by atoms with E-state index in [4.69, 9.17) is 4.74 Å². The number of rotatable bonds is 9. The van der Waals surface area contributed by atoms with Crippen molar-refractivity contribution in [3.8, 4) is 0 Å². The molecule has 6 atom stereocenters. The van der Waals surface area contributed by atoms with Crippen molar-refractivity contribution in [3.63, 3.8) is 0 Å². The Hall–Kier alpha value is -1.90. The molecule has 7 nitrogen and oxygen atoms in total. The highest BCUT2D eigenvalue weighted by Gasteiger charge is 2.45. The van der Waals surface area contributed by atoms with Crippen LogP contribution in [0.2, 0.25) is 0 Å². The van der Waals surface area contributed by atoms with Crippen LogP contribution >= 0.6 is 11.8 Å². The number of benzene rings is 1. The van der Waals surface area contributed by atoms with Gasteiger partial charge in [-0.25, -0.2) is 0 Å². The molecule has 3 rings (SSSR count). The SMILES string of the molecule is C[C@H](NC(CSc1ccccc1)C(=O)O)C(=O)C1NC(C(=O)OC(C)(C)C)CC2CCCCC21. The number of piperidine rings is 1. The largest absolute Gasteiger partial charge is 0.480 e. The molecule has 0 spiro atoms. The van der Waals surface area contributed by atoms with Gasteiger partial charge in [0.2, 0.25) is 0 Å². The summed E-state index contributed by atoms with van der Waals surface area (Å²) in [4.78, 5) is 39.3. The van der Waals surface area contributed by atoms with E-state index < -0.39 is 35.7 Å². The lowest BCUT2D eigenvalue weighted by atomic mass is 9.68. The first kappa shape index (κ1) is 26.7. The van der Waals surface area contributed by atoms with Gasteiger partial charge in [-0.3, -0.25) is 25.0 Å². The number of carboxylic acid groups (broad SMARTS) is 1. The van der Waals surface area contributed by atoms with Crippen molar-refractivity contribution in [1.82, 2.24) is 10.6 Å². The molecule has 1 aliphatic heterocycles. The molecule has 2 aliphatic rings. The highest BCUT2D eigenvalue weighted by atomic mass is 32.2. The van der Waals surface area contributed by atoms with Gasteiger partial charge in [0, 0.05) is 10.6 Å². The minimum atomic E-state index is -0.984. The molecule has 5 unspecified atom stereocenters. The molecule has 1 aromatic rings. The third-order valence-electron chi connectivity index (χ3n) is 6.65. The Morgan fingerprint density at radius 2 is 1.85 bits per heavy atom. The lowest BCUT2D eigenvalue weighted by Crippen LogP contribution is -2.62. The van der Waals surface area contributed by atoms with Gasteiger partial charge in [-0.15, -0.1) is 11.8 Å². The predicted octanol–water partition coefficient (Wildman–Crippen LogP) is 3.66. The molecular formula is C26H38N2O5S. The number of thioether (sulfide) groups is 1. The minimum Gasteiger partial charge on any atom is -0.480 e. The van der Waals surface area contributed by atoms with Crippen LogP contribution < -0.4 is 10.6 Å². The summed E-state index contributed by atoms with van der Waals surface area (Å²) in [5.74, 6) is -0.633. The number of carbonyl (C=O) groups excluding carboxylic acids is 2. The fourth-order valence-electron chi connectivity index (χ4n) is 5.05. The van der Waals surface area contributed by atoms with Gasteiger partial charge in [-0.1, -0.05) is 37.5 Å². The van der Waals surface area contributed by atoms with Gasteiger partial charge in [0.05, 0.1) is 12.1 Å². The molecule has 3 N–H and O–H groups in total. The Bertz CT molecular complexity index is 856. The van der Waals surface area contributed by atoms with Crippen molar-refractivity contribution < 1.29 is 24.2 Å². The summed E-state index contributed by atoms with van der Waals surface area (Å²) in [7, 11) is 0. The third kappa shape index (κ3) is 7.30. The second-order valence-electron chi connectivity index (χ2n) is 10.5. The van der Waals surface area contributed by atoms with Gasteiger partial charge < -0.3 is 9.84 Å². The van der Waals surface area contributed by atoms with Gasteiger partial charge in [-0.05, 0) is 64.5 Å². The van der Waals surface area contributed by atoms with Gasteiger partial charge >= 0.3 is 11.9 Å². The Morgan fingerprint density at radius 3 is 2.50 bits per heavy atom. The second kappa shape index (κ2) is 11.7. The number of hydrogen-bond acceptors (Lipinski definition) is 7. The number of Topliss-reactive ketones (excluding diaryl/α,β-unsaturated/α-hetero) is 1. The van der Waals surface area contributed by atoms with Crippen LogP contribution in [0, 0.1) is 11.8 Å². The standard InChI is InChI=1S/C26H38N2O5S/c1-16(27-21(24(30)31)15-34-18-11-6-5-7-12-18)23(29)22-19-13-9-8-10-17(19)14-20(28-22)25(32)33-26(2,3)4/h5-7,11-12,16-17,19-22,27-28H,8-10,13-15H2,1-4H3,(H,30,31)/t16-,17?,19?,20?,21?,22?/m0/s1. The van der Waals surface area contributed by atoms with E-state index in [1.807, 2.05) is 51.1 Å². The molecular weight excluding hydrogens is 452 g/mol. The van der Waals surface area contributed by atoms with E-state index in [1.165, 1.54) is 11.8 Å². The van der Waals surface area contributed by atoms with E-state index in [-0.39, 0.29) is 23.6 Å². The molecule has 2 fully saturated rings. The lowest BCUT2D eigenvalue weighted by Gasteiger charge is -2.45. The first-order chi connectivity index (χ1) is 16.0. The molecule has 1 aliphatic carbocycles. The highest BCUT2D eigenvalue weighted by molar-refractivity contribution is 7.99. The number of nitrogens with one attached hydrogen (secondary N) is 2. The lowest BCUT2D eigenvalue weighted by molar-refractivity contribution is -0.160. The quantitative estimate of drug-likeness (QED) is 0.356. The maximum Gasteiger partial charge on any atom is 0.323 e. The molecule has 1 saturated carbocycles. The number of carboxylic acids is 1. The maximum absolute atomic E-state index is 13.6. The topological polar surface area (TPSA) is 105 Å². The Morgan fingerprint density at radius 1 is 1.18 bits per heavy atom. The van der Waals surface area contributed by atoms with E-state index in [2.05, 4.69) is 10.6 Å². The summed E-state index contributed by atoms with van der Waals surface area (Å²) in [6.45, 7) is 7.24. The fourth-order valence-corrected chi connectivity index (χ4v) is 6.00. The van der Waals surface area contributed by atoms with Crippen molar-refractivity contribution in [2.75, 3.05) is 5.75 Å². The zero-order chi connectivity index (χ0) is 24.9. The number of hydrogen-bond donors (Lipinski definition) is 3. The normalized spacial score (nSPS) is 26.7. The maximum atomic E-state index is 13.6. The molecule has 188 valence electrons. The fraction of sp³-hybridized carbons (Fsp3) is 0.654. The average Bonchev–Trinajstić information content (AvgIpc) is 2.79. The first-order valence-electron chi connectivity index (χ1n) is 12.2. The summed E-state index contributed by atoms with van der Waals surface area (Å²) < 4.78 is 5.61. The summed E-state index contributed by atoms with van der Waals surface area (Å²) in [5.41, 5.74) is -0.596. The molecule has 1 aromatic carbocycles. The number of ether oxygens (including phenoxy) is 1. The number of ketones is 1. The molecule has 0 amide bonds. The predicted molar refractivity (Wildman–Crippen MR) is 133 cm³/mol. The van der Waals surface area contributed by atoms with Gasteiger partial charge in [0.15, 0.2) is 5.78 Å². The Labute approximate surface area is 206 Å². The summed E-state index contributed by atoms with van der Waals surface area (Å²) in [6.07, 6.45) is 4.79. The van der Waals surface area contributed by atoms with Gasteiger partial charge in [0.1, 0.15) is 17.7 Å². The molecule has 34 heavy (non-hydrogen) atoms. The highest BCUT2D eigenvalue weighted by Crippen LogP contribution is 2.39. The average molecular weight is 491 g/mol. The molecule has 0 bridgehead atoms. The minimum absolute atomic E-state index is 0.0823. The molecule has 1 saturated heterocycles. The number of carbonyl (C=O) groups is 3. The van der Waals surface area contributed by atoms with Crippen LogP contribution in [0.5, 0.6) is 0 Å². The summed E-state index contributed by atoms with van der Waals surface area (Å²) in [5, 5.41) is 16.1. The van der Waals surface area contributed by atoms with Crippen LogP contribution in [-0.2, 0) is 19.1 Å². The van der Waals surface area contributed by atoms with E-state index in [0.717, 1.165) is 30.6 Å². The van der Waals surface area contributed by atoms with E-state index in [0.29, 0.717) is 12.2 Å². The van der Waals surface area contributed by atoms with Crippen molar-refractivity contribution in [2.24, 2.45) is 11.8 Å². The van der Waals surface area contributed by atoms with Crippen LogP contribution in [0.4, 0.5) is 0 Å². The van der Waals surface area contributed by atoms with Gasteiger partial charge in [0.25, 0.3) is 0 Å². The number of esters is 1. The molecule has 8 heteroatoms. The number of fused-ring (bicyclic) bond motifs is 1. The van der Waals surface area contributed by atoms with Gasteiger partial charge in [-0.2, -0.15) is 0 Å². The van der Waals surface area contributed by atoms with E-state index in [9.17, 15) is 19.5 Å². The zero-order valence-corrected chi connectivity index (χ0v) is 21.4. The number of aliphatic carboxylic acids is 1. The smallest absolute Gasteiger partial charge is 0.323 e. The molecule has 1 heterocycles. The van der Waals surface area contributed by atoms with E-state index in [1.54, 1.807) is 6.92 Å². The van der Waals surface area contributed by atoms with Crippen LogP contribution in [0.15, 0.2) is 35.2 Å².